The molecule has 0 spiro atoms. The van der Waals surface area contributed by atoms with Crippen LogP contribution in [-0.2, 0) is 0 Å². The summed E-state index contributed by atoms with van der Waals surface area (Å²) in [7, 11) is 0. The summed E-state index contributed by atoms with van der Waals surface area (Å²) < 4.78 is 0. The number of thiazole rings is 1. The lowest BCUT2D eigenvalue weighted by Gasteiger charge is -2.00. The van der Waals surface area contributed by atoms with E-state index < -0.39 is 0 Å². The zero-order chi connectivity index (χ0) is 11.4. The fourth-order valence-electron chi connectivity index (χ4n) is 1.08. The average molecular weight is 230 g/mol. The molecule has 16 heavy (non-hydrogen) atoms. The molecule has 2 rings (SSSR count). The Bertz CT molecular complexity index is 558. The van der Waals surface area contributed by atoms with E-state index in [-0.39, 0.29) is 0 Å². The van der Waals surface area contributed by atoms with Crippen LogP contribution in [0.3, 0.4) is 0 Å². The van der Waals surface area contributed by atoms with Crippen molar-refractivity contribution in [1.29, 1.82) is 5.26 Å². The Hall–Kier alpha value is -2.26. The van der Waals surface area contributed by atoms with Crippen LogP contribution in [0.5, 0.6) is 0 Å². The number of anilines is 2. The van der Waals surface area contributed by atoms with Gasteiger partial charge in [0.25, 0.3) is 0 Å². The minimum atomic E-state index is 0.522. The Morgan fingerprint density at radius 3 is 3.06 bits per heavy atom. The molecule has 2 aromatic rings. The molecule has 0 atom stereocenters. The van der Waals surface area contributed by atoms with Gasteiger partial charge in [0.2, 0.25) is 0 Å². The van der Waals surface area contributed by atoms with Gasteiger partial charge in [-0.15, -0.1) is 0 Å². The number of nitrogens with one attached hydrogen (secondary N) is 1. The normalized spacial score (nSPS) is 9.44. The van der Waals surface area contributed by atoms with Crippen LogP contribution in [0.2, 0.25) is 0 Å². The number of pyridine rings is 1. The zero-order valence-corrected chi connectivity index (χ0v) is 8.86. The highest BCUT2D eigenvalue weighted by molar-refractivity contribution is 7.16. The van der Waals surface area contributed by atoms with Gasteiger partial charge in [-0.05, 0) is 12.1 Å². The van der Waals surface area contributed by atoms with Gasteiger partial charge < -0.3 is 5.32 Å². The van der Waals surface area contributed by atoms with Crippen LogP contribution in [0.25, 0.3) is 0 Å². The number of aromatic nitrogens is 2. The molecule has 2 heterocycles. The van der Waals surface area contributed by atoms with Crippen LogP contribution in [-0.4, -0.2) is 16.3 Å². The summed E-state index contributed by atoms with van der Waals surface area (Å²) in [4.78, 5) is 19.1. The van der Waals surface area contributed by atoms with Gasteiger partial charge in [0, 0.05) is 11.8 Å². The molecule has 0 unspecified atom stereocenters. The second-order valence-electron chi connectivity index (χ2n) is 2.86. The van der Waals surface area contributed by atoms with Crippen LogP contribution in [0.15, 0.2) is 24.5 Å². The maximum atomic E-state index is 10.5. The van der Waals surface area contributed by atoms with Gasteiger partial charge in [0.15, 0.2) is 5.13 Å². The third kappa shape index (κ3) is 2.21. The summed E-state index contributed by atoms with van der Waals surface area (Å²) in [6.07, 6.45) is 3.76. The number of rotatable bonds is 3. The Morgan fingerprint density at radius 1 is 1.50 bits per heavy atom. The van der Waals surface area contributed by atoms with Crippen molar-refractivity contribution in [1.82, 2.24) is 9.97 Å². The fraction of sp³-hybridized carbons (Fsp3) is 0. The minimum absolute atomic E-state index is 0.522. The number of carbonyl (C=O) groups excluding carboxylic acids is 1. The quantitative estimate of drug-likeness (QED) is 0.815. The van der Waals surface area contributed by atoms with Gasteiger partial charge >= 0.3 is 0 Å². The number of nitrogens with zero attached hydrogens (tertiary/aromatic N) is 3. The van der Waals surface area contributed by atoms with Gasteiger partial charge in [-0.25, -0.2) is 9.97 Å². The molecule has 0 saturated carbocycles. The molecule has 0 saturated heterocycles. The summed E-state index contributed by atoms with van der Waals surface area (Å²) in [5, 5.41) is 12.1. The predicted octanol–water partition coefficient (Wildman–Crippen LogP) is 1.97. The standard InChI is InChI=1S/C10H6N4OS/c11-4-8-5-13-10(16-8)14-9-3-7(6-15)1-2-12-9/h1-3,5-6H,(H,12,13,14). The number of hydrogen-bond acceptors (Lipinski definition) is 6. The summed E-state index contributed by atoms with van der Waals surface area (Å²) in [6, 6.07) is 5.22. The van der Waals surface area contributed by atoms with Crippen molar-refractivity contribution in [2.24, 2.45) is 0 Å². The first-order valence-electron chi connectivity index (χ1n) is 4.36. The molecule has 6 heteroatoms. The Balaban J connectivity index is 2.20. The highest BCUT2D eigenvalue weighted by atomic mass is 32.1. The van der Waals surface area contributed by atoms with Gasteiger partial charge in [0.05, 0.1) is 6.20 Å². The maximum absolute atomic E-state index is 10.5. The van der Waals surface area contributed by atoms with E-state index in [0.29, 0.717) is 21.4 Å². The molecule has 0 aromatic carbocycles. The first-order valence-corrected chi connectivity index (χ1v) is 5.17. The molecule has 2 aromatic heterocycles. The third-order valence-corrected chi connectivity index (χ3v) is 2.59. The molecule has 78 valence electrons. The topological polar surface area (TPSA) is 78.7 Å². The van der Waals surface area contributed by atoms with E-state index in [1.165, 1.54) is 23.7 Å². The van der Waals surface area contributed by atoms with E-state index in [0.717, 1.165) is 6.29 Å². The van der Waals surface area contributed by atoms with Crippen LogP contribution in [0, 0.1) is 11.3 Å². The van der Waals surface area contributed by atoms with Gasteiger partial charge in [-0.1, -0.05) is 11.3 Å². The Morgan fingerprint density at radius 2 is 2.38 bits per heavy atom. The fourth-order valence-corrected chi connectivity index (χ4v) is 1.70. The number of carbonyl (C=O) groups is 1. The summed E-state index contributed by atoms with van der Waals surface area (Å²) >= 11 is 1.23. The molecular formula is C10H6N4OS. The van der Waals surface area contributed by atoms with Crippen LogP contribution >= 0.6 is 11.3 Å². The molecule has 0 radical (unpaired) electrons. The van der Waals surface area contributed by atoms with Crippen molar-refractivity contribution in [3.8, 4) is 6.07 Å². The van der Waals surface area contributed by atoms with E-state index in [9.17, 15) is 4.79 Å². The number of nitriles is 1. The molecule has 0 amide bonds. The molecule has 0 fully saturated rings. The summed E-state index contributed by atoms with van der Waals surface area (Å²) in [5.74, 6) is 0.531. The largest absolute Gasteiger partial charge is 0.316 e. The maximum Gasteiger partial charge on any atom is 0.189 e. The molecule has 0 bridgehead atoms. The molecule has 0 aliphatic rings. The Kier molecular flexibility index (Phi) is 2.89. The van der Waals surface area contributed by atoms with Crippen molar-refractivity contribution in [2.45, 2.75) is 0 Å². The van der Waals surface area contributed by atoms with E-state index in [1.807, 2.05) is 6.07 Å². The number of hydrogen-bond donors (Lipinski definition) is 1. The average Bonchev–Trinajstić information content (AvgIpc) is 2.77. The van der Waals surface area contributed by atoms with Gasteiger partial charge in [-0.3, -0.25) is 4.79 Å². The van der Waals surface area contributed by atoms with Crippen molar-refractivity contribution in [3.05, 3.63) is 35.0 Å². The van der Waals surface area contributed by atoms with E-state index in [4.69, 9.17) is 5.26 Å². The molecule has 5 nitrogen and oxygen atoms in total. The second-order valence-corrected chi connectivity index (χ2v) is 3.89. The first kappa shape index (κ1) is 10.3. The van der Waals surface area contributed by atoms with Crippen LogP contribution in [0.1, 0.15) is 15.2 Å². The summed E-state index contributed by atoms with van der Waals surface area (Å²) in [5.41, 5.74) is 0.537. The van der Waals surface area contributed by atoms with Crippen molar-refractivity contribution in [3.63, 3.8) is 0 Å². The highest BCUT2D eigenvalue weighted by Gasteiger charge is 2.02. The van der Waals surface area contributed by atoms with E-state index in [2.05, 4.69) is 15.3 Å². The van der Waals surface area contributed by atoms with Crippen molar-refractivity contribution in [2.75, 3.05) is 5.32 Å². The van der Waals surface area contributed by atoms with E-state index >= 15 is 0 Å². The van der Waals surface area contributed by atoms with Crippen molar-refractivity contribution < 1.29 is 4.79 Å². The van der Waals surface area contributed by atoms with Crippen LogP contribution < -0.4 is 5.32 Å². The van der Waals surface area contributed by atoms with Gasteiger partial charge in [-0.2, -0.15) is 5.26 Å². The van der Waals surface area contributed by atoms with Crippen LogP contribution in [0.4, 0.5) is 10.9 Å². The third-order valence-electron chi connectivity index (χ3n) is 1.77. The smallest absolute Gasteiger partial charge is 0.189 e. The highest BCUT2D eigenvalue weighted by Crippen LogP contribution is 2.20. The van der Waals surface area contributed by atoms with Crippen molar-refractivity contribution >= 4 is 28.6 Å². The molecular weight excluding hydrogens is 224 g/mol. The van der Waals surface area contributed by atoms with Gasteiger partial charge in [0.1, 0.15) is 23.1 Å². The molecule has 0 aliphatic heterocycles. The Labute approximate surface area is 95.4 Å². The SMILES string of the molecule is N#Cc1cnc(Nc2cc(C=O)ccn2)s1. The summed E-state index contributed by atoms with van der Waals surface area (Å²) in [6.45, 7) is 0. The lowest BCUT2D eigenvalue weighted by Crippen LogP contribution is -1.93. The first-order chi connectivity index (χ1) is 7.81. The monoisotopic (exact) mass is 230 g/mol. The lowest BCUT2D eigenvalue weighted by molar-refractivity contribution is 0.112. The predicted molar refractivity (Wildman–Crippen MR) is 59.7 cm³/mol. The second kappa shape index (κ2) is 4.51. The lowest BCUT2D eigenvalue weighted by atomic mass is 10.3. The van der Waals surface area contributed by atoms with E-state index in [1.54, 1.807) is 12.1 Å². The molecule has 1 N–H and O–H groups in total. The minimum Gasteiger partial charge on any atom is -0.316 e. The number of aldehydes is 1. The zero-order valence-electron chi connectivity index (χ0n) is 8.04. The molecule has 0 aliphatic carbocycles.